The van der Waals surface area contributed by atoms with Gasteiger partial charge in [-0.1, -0.05) is 0 Å². The maximum absolute atomic E-state index is 13.5. The van der Waals surface area contributed by atoms with Crippen molar-refractivity contribution in [3.05, 3.63) is 76.5 Å². The number of rotatable bonds is 7. The summed E-state index contributed by atoms with van der Waals surface area (Å²) in [6, 6.07) is 12.6. The molecule has 2 aromatic carbocycles. The number of nitrogens with zero attached hydrogens (tertiary/aromatic N) is 2. The molecule has 1 aromatic heterocycles. The van der Waals surface area contributed by atoms with Gasteiger partial charge in [-0.3, -0.25) is 4.79 Å². The molecule has 2 heterocycles. The second kappa shape index (κ2) is 9.61. The summed E-state index contributed by atoms with van der Waals surface area (Å²) in [5, 5.41) is 6.94. The highest BCUT2D eigenvalue weighted by atomic mass is 32.2. The smallest absolute Gasteiger partial charge is 0.258 e. The van der Waals surface area contributed by atoms with Crippen molar-refractivity contribution in [2.75, 3.05) is 25.5 Å². The molecule has 0 bridgehead atoms. The van der Waals surface area contributed by atoms with E-state index in [0.717, 1.165) is 6.42 Å². The number of halogens is 1. The lowest BCUT2D eigenvalue weighted by atomic mass is 10.1. The molecular weight excluding hydrogens is 433 g/mol. The Hall–Kier alpha value is -3.05. The van der Waals surface area contributed by atoms with E-state index in [1.807, 2.05) is 4.31 Å². The number of H-pyrrole nitrogens is 1. The Morgan fingerprint density at radius 3 is 2.81 bits per heavy atom. The van der Waals surface area contributed by atoms with Crippen molar-refractivity contribution in [3.63, 3.8) is 0 Å². The van der Waals surface area contributed by atoms with Crippen LogP contribution in [0.5, 0.6) is 0 Å². The molecule has 1 fully saturated rings. The lowest BCUT2D eigenvalue weighted by Gasteiger charge is -2.19. The van der Waals surface area contributed by atoms with Crippen LogP contribution in [0.3, 0.4) is 0 Å². The topological polar surface area (TPSA) is 117 Å². The Kier molecular flexibility index (Phi) is 6.66. The van der Waals surface area contributed by atoms with Gasteiger partial charge in [0.2, 0.25) is 0 Å². The van der Waals surface area contributed by atoms with E-state index in [9.17, 15) is 13.7 Å². The molecule has 8 nitrogen and oxygen atoms in total. The monoisotopic (exact) mass is 455 g/mol. The maximum Gasteiger partial charge on any atom is 0.258 e. The fourth-order valence-corrected chi connectivity index (χ4v) is 4.79. The zero-order chi connectivity index (χ0) is 22.7. The maximum atomic E-state index is 13.5. The first-order valence-electron chi connectivity index (χ1n) is 9.95. The minimum absolute atomic E-state index is 0.0905. The van der Waals surface area contributed by atoms with Crippen LogP contribution in [-0.4, -0.2) is 40.1 Å². The highest BCUT2D eigenvalue weighted by Crippen LogP contribution is 2.24. The molecule has 0 saturated carbocycles. The van der Waals surface area contributed by atoms with E-state index >= 15 is 0 Å². The van der Waals surface area contributed by atoms with Crippen LogP contribution in [0, 0.1) is 11.3 Å². The molecule has 2 atom stereocenters. The molecule has 32 heavy (non-hydrogen) atoms. The van der Waals surface area contributed by atoms with E-state index in [1.165, 1.54) is 30.5 Å². The third-order valence-corrected chi connectivity index (χ3v) is 6.79. The Bertz CT molecular complexity index is 1210. The summed E-state index contributed by atoms with van der Waals surface area (Å²) in [7, 11) is 1.66. The van der Waals surface area contributed by atoms with Crippen LogP contribution in [0.4, 0.5) is 10.1 Å². The van der Waals surface area contributed by atoms with E-state index in [-0.39, 0.29) is 17.4 Å². The van der Waals surface area contributed by atoms with Crippen molar-refractivity contribution in [1.29, 1.82) is 5.53 Å². The van der Waals surface area contributed by atoms with E-state index < -0.39 is 22.7 Å². The summed E-state index contributed by atoms with van der Waals surface area (Å²) in [6.45, 7) is 1.34. The van der Waals surface area contributed by atoms with Gasteiger partial charge in [0, 0.05) is 36.4 Å². The van der Waals surface area contributed by atoms with Crippen LogP contribution in [-0.2, 0) is 16.1 Å². The average molecular weight is 456 g/mol. The number of hydrogen-bond donors (Lipinski definition) is 3. The van der Waals surface area contributed by atoms with Crippen LogP contribution < -0.4 is 10.9 Å². The Labute approximate surface area is 186 Å². The molecule has 4 rings (SSSR count). The summed E-state index contributed by atoms with van der Waals surface area (Å²) in [5.74, 6) is -0.425. The number of aromatic amines is 1. The predicted molar refractivity (Wildman–Crippen MR) is 121 cm³/mol. The number of pyridine rings is 1. The molecule has 1 aliphatic heterocycles. The molecule has 1 unspecified atom stereocenters. The van der Waals surface area contributed by atoms with Gasteiger partial charge in [0.15, 0.2) is 4.90 Å². The fourth-order valence-electron chi connectivity index (χ4n) is 3.55. The van der Waals surface area contributed by atoms with Gasteiger partial charge >= 0.3 is 0 Å². The molecular formula is C22H22FN5O3S. The van der Waals surface area contributed by atoms with Crippen molar-refractivity contribution in [3.8, 4) is 0 Å². The number of anilines is 1. The molecule has 10 heteroatoms. The molecule has 0 radical (unpaired) electrons. The molecule has 3 aromatic rings. The summed E-state index contributed by atoms with van der Waals surface area (Å²) >= 11 is -1.27. The van der Waals surface area contributed by atoms with Crippen LogP contribution in [0.2, 0.25) is 0 Å². The second-order valence-electron chi connectivity index (χ2n) is 7.34. The Morgan fingerprint density at radius 1 is 1.34 bits per heavy atom. The SMILES string of the molecule is CO[C@@H]1CCN([S+]([O-])c2ccc(N/C=C(\N=N)c3cc4cc(F)ccc4[nH]c3=O)cc2)C1. The first-order chi connectivity index (χ1) is 15.5. The number of ether oxygens (including phenoxy) is 1. The van der Waals surface area contributed by atoms with E-state index in [2.05, 4.69) is 15.4 Å². The number of fused-ring (bicyclic) bond motifs is 1. The van der Waals surface area contributed by atoms with Gasteiger partial charge in [0.25, 0.3) is 5.56 Å². The van der Waals surface area contributed by atoms with Crippen LogP contribution >= 0.6 is 0 Å². The van der Waals surface area contributed by atoms with E-state index in [0.29, 0.717) is 34.6 Å². The lowest BCUT2D eigenvalue weighted by molar-refractivity contribution is 0.115. The van der Waals surface area contributed by atoms with Gasteiger partial charge in [-0.15, -0.1) is 4.31 Å². The molecule has 166 valence electrons. The van der Waals surface area contributed by atoms with Crippen LogP contribution in [0.15, 0.2) is 69.5 Å². The third kappa shape index (κ3) is 4.73. The molecule has 1 saturated heterocycles. The minimum atomic E-state index is -1.27. The van der Waals surface area contributed by atoms with Gasteiger partial charge in [0.1, 0.15) is 11.5 Å². The minimum Gasteiger partial charge on any atom is -0.593 e. The fraction of sp³-hybridized carbons (Fsp3) is 0.227. The molecule has 0 amide bonds. The highest BCUT2D eigenvalue weighted by molar-refractivity contribution is 7.89. The number of aromatic nitrogens is 1. The van der Waals surface area contributed by atoms with Crippen molar-refractivity contribution in [2.45, 2.75) is 17.4 Å². The normalized spacial score (nSPS) is 18.1. The predicted octanol–water partition coefficient (Wildman–Crippen LogP) is 3.85. The number of benzene rings is 2. The van der Waals surface area contributed by atoms with E-state index in [4.69, 9.17) is 10.3 Å². The summed E-state index contributed by atoms with van der Waals surface area (Å²) < 4.78 is 33.5. The summed E-state index contributed by atoms with van der Waals surface area (Å²) in [5.41, 5.74) is 8.43. The standard InChI is InChI=1S/C22H22FN5O3S/c1-31-17-8-9-28(13-17)32(30)18-5-3-16(4-6-18)25-12-21(27-24)19-11-14-10-15(23)2-7-20(14)26-22(19)29/h2-7,10-12,17,24-25H,8-9,13H2,1H3,(H,26,29)/b21-12-,27-24?/t17-,32?/m1/s1. The lowest BCUT2D eigenvalue weighted by Crippen LogP contribution is -2.30. The zero-order valence-corrected chi connectivity index (χ0v) is 18.1. The van der Waals surface area contributed by atoms with Crippen molar-refractivity contribution in [1.82, 2.24) is 9.29 Å². The molecule has 0 aliphatic carbocycles. The highest BCUT2D eigenvalue weighted by Gasteiger charge is 2.31. The van der Waals surface area contributed by atoms with E-state index in [1.54, 1.807) is 31.4 Å². The van der Waals surface area contributed by atoms with Gasteiger partial charge in [-0.2, -0.15) is 5.11 Å². The Balaban J connectivity index is 1.50. The van der Waals surface area contributed by atoms with Gasteiger partial charge in [-0.05, 0) is 55.0 Å². The number of nitrogens with one attached hydrogen (secondary N) is 3. The van der Waals surface area contributed by atoms with Crippen LogP contribution in [0.25, 0.3) is 16.6 Å². The quantitative estimate of drug-likeness (QED) is 0.370. The van der Waals surface area contributed by atoms with Crippen molar-refractivity contribution < 1.29 is 13.7 Å². The average Bonchev–Trinajstić information content (AvgIpc) is 3.29. The Morgan fingerprint density at radius 2 is 2.12 bits per heavy atom. The van der Waals surface area contributed by atoms with Gasteiger partial charge in [-0.25, -0.2) is 9.92 Å². The number of methoxy groups -OCH3 is 1. The summed E-state index contributed by atoms with van der Waals surface area (Å²) in [6.07, 6.45) is 2.39. The first kappa shape index (κ1) is 22.2. The van der Waals surface area contributed by atoms with Crippen molar-refractivity contribution >= 4 is 33.6 Å². The van der Waals surface area contributed by atoms with Gasteiger partial charge < -0.3 is 19.6 Å². The largest absolute Gasteiger partial charge is 0.593 e. The van der Waals surface area contributed by atoms with Crippen LogP contribution in [0.1, 0.15) is 12.0 Å². The zero-order valence-electron chi connectivity index (χ0n) is 17.3. The molecule has 3 N–H and O–H groups in total. The third-order valence-electron chi connectivity index (χ3n) is 5.31. The molecule has 1 aliphatic rings. The molecule has 0 spiro atoms. The van der Waals surface area contributed by atoms with Gasteiger partial charge in [0.05, 0.1) is 29.6 Å². The van der Waals surface area contributed by atoms with Crippen molar-refractivity contribution in [2.24, 2.45) is 5.11 Å². The second-order valence-corrected chi connectivity index (χ2v) is 8.82. The number of hydrogen-bond acceptors (Lipinski definition) is 7. The summed E-state index contributed by atoms with van der Waals surface area (Å²) in [4.78, 5) is 15.8. The first-order valence-corrected chi connectivity index (χ1v) is 11.1.